The van der Waals surface area contributed by atoms with Crippen molar-refractivity contribution in [1.29, 1.82) is 0 Å². The average Bonchev–Trinajstić information content (AvgIpc) is 2.75. The van der Waals surface area contributed by atoms with Crippen LogP contribution in [-0.2, 0) is 0 Å². The van der Waals surface area contributed by atoms with Crippen LogP contribution in [0.25, 0.3) is 11.3 Å². The lowest BCUT2D eigenvalue weighted by atomic mass is 10.1. The second kappa shape index (κ2) is 4.05. The Hall–Kier alpha value is -2.70. The molecule has 86 valence electrons. The van der Waals surface area contributed by atoms with Crippen molar-refractivity contribution in [2.45, 2.75) is 0 Å². The molecule has 7 nitrogen and oxygen atoms in total. The smallest absolute Gasteiger partial charge is 0.449 e. The Kier molecular flexibility index (Phi) is 2.57. The van der Waals surface area contributed by atoms with E-state index in [4.69, 9.17) is 10.2 Å². The number of benzene rings is 1. The first-order valence-electron chi connectivity index (χ1n) is 4.59. The number of hydrogen-bond acceptors (Lipinski definition) is 4. The maximum Gasteiger partial charge on any atom is 0.449 e. The average molecular weight is 233 g/mol. The van der Waals surface area contributed by atoms with Gasteiger partial charge in [0.05, 0.1) is 0 Å². The standard InChI is InChI=1S/C10H7N3O4/c14-9(15)8-7(6-4-2-1-3-5-6)11-13(12-8)10(16)17/h1-5H,(H,14,15)(H,16,17). The Morgan fingerprint density at radius 3 is 2.24 bits per heavy atom. The highest BCUT2D eigenvalue weighted by molar-refractivity contribution is 5.92. The summed E-state index contributed by atoms with van der Waals surface area (Å²) in [4.78, 5) is 21.9. The fourth-order valence-corrected chi connectivity index (χ4v) is 1.33. The summed E-state index contributed by atoms with van der Waals surface area (Å²) >= 11 is 0. The zero-order valence-corrected chi connectivity index (χ0v) is 8.44. The molecule has 0 aliphatic carbocycles. The second-order valence-electron chi connectivity index (χ2n) is 3.14. The van der Waals surface area contributed by atoms with E-state index in [2.05, 4.69) is 10.2 Å². The first-order valence-corrected chi connectivity index (χ1v) is 4.59. The van der Waals surface area contributed by atoms with Crippen LogP contribution in [0.15, 0.2) is 30.3 Å². The number of carboxylic acids is 1. The van der Waals surface area contributed by atoms with E-state index in [1.807, 2.05) is 0 Å². The van der Waals surface area contributed by atoms with Crippen molar-refractivity contribution in [2.75, 3.05) is 0 Å². The third-order valence-corrected chi connectivity index (χ3v) is 2.03. The molecule has 0 radical (unpaired) electrons. The number of nitrogens with zero attached hydrogens (tertiary/aromatic N) is 3. The van der Waals surface area contributed by atoms with Gasteiger partial charge in [0.25, 0.3) is 0 Å². The molecule has 7 heteroatoms. The third-order valence-electron chi connectivity index (χ3n) is 2.03. The van der Waals surface area contributed by atoms with Crippen LogP contribution in [0.5, 0.6) is 0 Å². The normalized spacial score (nSPS) is 10.1. The van der Waals surface area contributed by atoms with Crippen LogP contribution in [0.3, 0.4) is 0 Å². The molecule has 2 aromatic rings. The Morgan fingerprint density at radius 1 is 1.06 bits per heavy atom. The summed E-state index contributed by atoms with van der Waals surface area (Å²) in [5, 5.41) is 24.6. The van der Waals surface area contributed by atoms with Gasteiger partial charge in [-0.25, -0.2) is 9.59 Å². The SMILES string of the molecule is O=C(O)c1nn(C(=O)O)nc1-c1ccccc1. The lowest BCUT2D eigenvalue weighted by molar-refractivity contribution is 0.0691. The predicted octanol–water partition coefficient (Wildman–Crippen LogP) is 1.17. The number of aromatic nitrogens is 3. The summed E-state index contributed by atoms with van der Waals surface area (Å²) in [6.45, 7) is 0. The zero-order chi connectivity index (χ0) is 12.4. The highest BCUT2D eigenvalue weighted by atomic mass is 16.4. The van der Waals surface area contributed by atoms with E-state index in [9.17, 15) is 9.59 Å². The van der Waals surface area contributed by atoms with Gasteiger partial charge in [0.15, 0.2) is 5.69 Å². The molecule has 1 heterocycles. The van der Waals surface area contributed by atoms with Gasteiger partial charge >= 0.3 is 12.1 Å². The summed E-state index contributed by atoms with van der Waals surface area (Å²) in [5.74, 6) is -1.32. The van der Waals surface area contributed by atoms with Crippen molar-refractivity contribution in [2.24, 2.45) is 0 Å². The number of hydrogen-bond donors (Lipinski definition) is 2. The number of rotatable bonds is 2. The Balaban J connectivity index is 2.60. The van der Waals surface area contributed by atoms with Crippen LogP contribution < -0.4 is 0 Å². The molecule has 0 saturated heterocycles. The van der Waals surface area contributed by atoms with Crippen molar-refractivity contribution in [3.05, 3.63) is 36.0 Å². The maximum atomic E-state index is 10.9. The molecule has 1 aromatic heterocycles. The highest BCUT2D eigenvalue weighted by Crippen LogP contribution is 2.19. The van der Waals surface area contributed by atoms with Gasteiger partial charge in [0, 0.05) is 5.56 Å². The first-order chi connectivity index (χ1) is 8.09. The van der Waals surface area contributed by atoms with Crippen LogP contribution in [0.4, 0.5) is 4.79 Å². The van der Waals surface area contributed by atoms with Crippen molar-refractivity contribution in [3.63, 3.8) is 0 Å². The van der Waals surface area contributed by atoms with Crippen molar-refractivity contribution >= 4 is 12.1 Å². The molecule has 0 aliphatic heterocycles. The van der Waals surface area contributed by atoms with Crippen LogP contribution in [0, 0.1) is 0 Å². The molecule has 2 rings (SSSR count). The lowest BCUT2D eigenvalue weighted by Crippen LogP contribution is -2.12. The molecule has 17 heavy (non-hydrogen) atoms. The fraction of sp³-hybridized carbons (Fsp3) is 0. The van der Waals surface area contributed by atoms with E-state index in [0.717, 1.165) is 0 Å². The third kappa shape index (κ3) is 1.98. The summed E-state index contributed by atoms with van der Waals surface area (Å²) in [5.41, 5.74) is 0.136. The molecule has 0 bridgehead atoms. The minimum absolute atomic E-state index is 0.0282. The summed E-state index contributed by atoms with van der Waals surface area (Å²) in [6, 6.07) is 8.40. The van der Waals surface area contributed by atoms with Gasteiger partial charge in [-0.1, -0.05) is 35.1 Å². The monoisotopic (exact) mass is 233 g/mol. The Morgan fingerprint density at radius 2 is 1.71 bits per heavy atom. The van der Waals surface area contributed by atoms with E-state index in [0.29, 0.717) is 10.4 Å². The van der Waals surface area contributed by atoms with E-state index < -0.39 is 17.8 Å². The van der Waals surface area contributed by atoms with Gasteiger partial charge < -0.3 is 10.2 Å². The van der Waals surface area contributed by atoms with Crippen molar-refractivity contribution < 1.29 is 19.8 Å². The van der Waals surface area contributed by atoms with Crippen LogP contribution in [0.2, 0.25) is 0 Å². The Labute approximate surface area is 94.9 Å². The molecule has 0 atom stereocenters. The van der Waals surface area contributed by atoms with Gasteiger partial charge in [-0.15, -0.1) is 10.2 Å². The van der Waals surface area contributed by atoms with Gasteiger partial charge in [0.2, 0.25) is 0 Å². The molecule has 0 spiro atoms. The molecular weight excluding hydrogens is 226 g/mol. The number of aromatic carboxylic acids is 1. The van der Waals surface area contributed by atoms with Gasteiger partial charge in [-0.05, 0) is 0 Å². The summed E-state index contributed by atoms with van der Waals surface area (Å²) < 4.78 is 0. The van der Waals surface area contributed by atoms with E-state index in [-0.39, 0.29) is 5.69 Å². The molecule has 0 aliphatic rings. The molecular formula is C10H7N3O4. The minimum Gasteiger partial charge on any atom is -0.476 e. The summed E-state index contributed by atoms with van der Waals surface area (Å²) in [6.07, 6.45) is -1.44. The van der Waals surface area contributed by atoms with Crippen LogP contribution in [0.1, 0.15) is 10.5 Å². The van der Waals surface area contributed by atoms with E-state index in [1.54, 1.807) is 30.3 Å². The van der Waals surface area contributed by atoms with E-state index >= 15 is 0 Å². The van der Waals surface area contributed by atoms with Crippen LogP contribution in [-0.4, -0.2) is 37.3 Å². The van der Waals surface area contributed by atoms with Gasteiger partial charge in [-0.3, -0.25) is 0 Å². The predicted molar refractivity (Wildman–Crippen MR) is 55.8 cm³/mol. The fourth-order valence-electron chi connectivity index (χ4n) is 1.33. The zero-order valence-electron chi connectivity index (χ0n) is 8.44. The first kappa shape index (κ1) is 10.8. The van der Waals surface area contributed by atoms with Crippen LogP contribution >= 0.6 is 0 Å². The number of carboxylic acid groups (broad SMARTS) is 2. The molecule has 0 unspecified atom stereocenters. The quantitative estimate of drug-likeness (QED) is 0.806. The number of carbonyl (C=O) groups is 2. The molecule has 1 aromatic carbocycles. The molecule has 0 saturated carbocycles. The largest absolute Gasteiger partial charge is 0.476 e. The maximum absolute atomic E-state index is 10.9. The van der Waals surface area contributed by atoms with Crippen molar-refractivity contribution in [1.82, 2.24) is 15.0 Å². The molecule has 0 fully saturated rings. The molecule has 0 amide bonds. The second-order valence-corrected chi connectivity index (χ2v) is 3.14. The van der Waals surface area contributed by atoms with Crippen molar-refractivity contribution in [3.8, 4) is 11.3 Å². The molecule has 2 N–H and O–H groups in total. The van der Waals surface area contributed by atoms with Gasteiger partial charge in [-0.2, -0.15) is 0 Å². The highest BCUT2D eigenvalue weighted by Gasteiger charge is 2.21. The lowest BCUT2D eigenvalue weighted by Gasteiger charge is -1.95. The minimum atomic E-state index is -1.44. The van der Waals surface area contributed by atoms with Gasteiger partial charge in [0.1, 0.15) is 5.69 Å². The Bertz CT molecular complexity index is 576. The topological polar surface area (TPSA) is 105 Å². The van der Waals surface area contributed by atoms with E-state index in [1.165, 1.54) is 0 Å². The summed E-state index contributed by atoms with van der Waals surface area (Å²) in [7, 11) is 0.